The first-order chi connectivity index (χ1) is 11.7. The molecule has 0 saturated carbocycles. The molecule has 0 amide bonds. The molecule has 0 bridgehead atoms. The van der Waals surface area contributed by atoms with Crippen LogP contribution in [0.3, 0.4) is 0 Å². The molecule has 3 rings (SSSR count). The van der Waals surface area contributed by atoms with E-state index in [0.717, 1.165) is 11.8 Å². The molecular formula is C17H13FN2O3S. The Balaban J connectivity index is 1.64. The SMILES string of the molecule is COc1cccc(C(=O)CSc2nnc(-c3ccc(F)cc3)o2)c1. The van der Waals surface area contributed by atoms with Crippen LogP contribution in [-0.2, 0) is 0 Å². The summed E-state index contributed by atoms with van der Waals surface area (Å²) in [4.78, 5) is 12.2. The first-order valence-electron chi connectivity index (χ1n) is 7.05. The van der Waals surface area contributed by atoms with Gasteiger partial charge >= 0.3 is 0 Å². The highest BCUT2D eigenvalue weighted by Crippen LogP contribution is 2.24. The van der Waals surface area contributed by atoms with E-state index in [1.165, 1.54) is 12.1 Å². The lowest BCUT2D eigenvalue weighted by Gasteiger charge is -2.02. The Morgan fingerprint density at radius 2 is 2.00 bits per heavy atom. The van der Waals surface area contributed by atoms with Crippen molar-refractivity contribution in [2.24, 2.45) is 0 Å². The Morgan fingerprint density at radius 3 is 2.75 bits per heavy atom. The van der Waals surface area contributed by atoms with Crippen LogP contribution in [0.1, 0.15) is 10.4 Å². The minimum Gasteiger partial charge on any atom is -0.497 e. The second kappa shape index (κ2) is 7.27. The number of halogens is 1. The average Bonchev–Trinajstić information content (AvgIpc) is 3.09. The van der Waals surface area contributed by atoms with Crippen molar-refractivity contribution in [3.63, 3.8) is 0 Å². The van der Waals surface area contributed by atoms with Crippen molar-refractivity contribution in [3.05, 3.63) is 59.9 Å². The van der Waals surface area contributed by atoms with Gasteiger partial charge in [0.1, 0.15) is 11.6 Å². The van der Waals surface area contributed by atoms with Gasteiger partial charge in [0.15, 0.2) is 5.78 Å². The molecule has 1 heterocycles. The Hall–Kier alpha value is -2.67. The number of hydrogen-bond donors (Lipinski definition) is 0. The van der Waals surface area contributed by atoms with E-state index < -0.39 is 0 Å². The Morgan fingerprint density at radius 1 is 1.21 bits per heavy atom. The van der Waals surface area contributed by atoms with Gasteiger partial charge in [-0.2, -0.15) is 0 Å². The van der Waals surface area contributed by atoms with Crippen LogP contribution < -0.4 is 4.74 Å². The number of aromatic nitrogens is 2. The molecule has 0 N–H and O–H groups in total. The minimum atomic E-state index is -0.336. The monoisotopic (exact) mass is 344 g/mol. The summed E-state index contributed by atoms with van der Waals surface area (Å²) in [6, 6.07) is 12.7. The number of ketones is 1. The number of nitrogens with zero attached hydrogens (tertiary/aromatic N) is 2. The van der Waals surface area contributed by atoms with Crippen molar-refractivity contribution in [3.8, 4) is 17.2 Å². The third kappa shape index (κ3) is 3.80. The van der Waals surface area contributed by atoms with E-state index in [9.17, 15) is 9.18 Å². The molecule has 0 spiro atoms. The van der Waals surface area contributed by atoms with Crippen molar-refractivity contribution in [2.45, 2.75) is 5.22 Å². The number of carbonyl (C=O) groups is 1. The van der Waals surface area contributed by atoms with Gasteiger partial charge in [0.05, 0.1) is 12.9 Å². The molecule has 2 aromatic carbocycles. The van der Waals surface area contributed by atoms with Gasteiger partial charge in [-0.3, -0.25) is 4.79 Å². The van der Waals surface area contributed by atoms with E-state index in [1.54, 1.807) is 43.5 Å². The van der Waals surface area contributed by atoms with Crippen LogP contribution in [0.2, 0.25) is 0 Å². The molecule has 0 aliphatic carbocycles. The van der Waals surface area contributed by atoms with Gasteiger partial charge < -0.3 is 9.15 Å². The molecule has 1 aromatic heterocycles. The summed E-state index contributed by atoms with van der Waals surface area (Å²) >= 11 is 1.15. The van der Waals surface area contributed by atoms with Crippen molar-refractivity contribution in [2.75, 3.05) is 12.9 Å². The lowest BCUT2D eigenvalue weighted by Crippen LogP contribution is -2.02. The van der Waals surface area contributed by atoms with Gasteiger partial charge in [-0.1, -0.05) is 23.9 Å². The van der Waals surface area contributed by atoms with Crippen LogP contribution in [-0.4, -0.2) is 28.8 Å². The number of ether oxygens (including phenoxy) is 1. The fourth-order valence-electron chi connectivity index (χ4n) is 1.98. The number of methoxy groups -OCH3 is 1. The number of hydrogen-bond acceptors (Lipinski definition) is 6. The van der Waals surface area contributed by atoms with E-state index in [2.05, 4.69) is 10.2 Å². The van der Waals surface area contributed by atoms with Crippen molar-refractivity contribution in [1.29, 1.82) is 0 Å². The van der Waals surface area contributed by atoms with Gasteiger partial charge in [-0.05, 0) is 36.4 Å². The lowest BCUT2D eigenvalue weighted by molar-refractivity contribution is 0.102. The molecule has 3 aromatic rings. The zero-order valence-corrected chi connectivity index (χ0v) is 13.5. The maximum atomic E-state index is 12.9. The lowest BCUT2D eigenvalue weighted by atomic mass is 10.1. The zero-order chi connectivity index (χ0) is 16.9. The maximum Gasteiger partial charge on any atom is 0.277 e. The van der Waals surface area contributed by atoms with Crippen molar-refractivity contribution >= 4 is 17.5 Å². The van der Waals surface area contributed by atoms with E-state index in [1.807, 2.05) is 0 Å². The highest BCUT2D eigenvalue weighted by atomic mass is 32.2. The van der Waals surface area contributed by atoms with Gasteiger partial charge in [0.2, 0.25) is 5.89 Å². The second-order valence-corrected chi connectivity index (χ2v) is 5.75. The summed E-state index contributed by atoms with van der Waals surface area (Å²) in [5, 5.41) is 8.08. The first kappa shape index (κ1) is 16.2. The number of rotatable bonds is 6. The van der Waals surface area contributed by atoms with E-state index in [4.69, 9.17) is 9.15 Å². The normalized spacial score (nSPS) is 10.6. The van der Waals surface area contributed by atoms with E-state index in [-0.39, 0.29) is 28.5 Å². The summed E-state index contributed by atoms with van der Waals surface area (Å²) in [6.45, 7) is 0. The average molecular weight is 344 g/mol. The van der Waals surface area contributed by atoms with Crippen LogP contribution in [0.25, 0.3) is 11.5 Å². The van der Waals surface area contributed by atoms with Gasteiger partial charge in [0, 0.05) is 11.1 Å². The van der Waals surface area contributed by atoms with Crippen molar-refractivity contribution in [1.82, 2.24) is 10.2 Å². The molecule has 0 aliphatic heterocycles. The predicted molar refractivity (Wildman–Crippen MR) is 87.7 cm³/mol. The molecule has 0 saturated heterocycles. The predicted octanol–water partition coefficient (Wildman–Crippen LogP) is 3.86. The van der Waals surface area contributed by atoms with Crippen molar-refractivity contribution < 1.29 is 18.3 Å². The first-order valence-corrected chi connectivity index (χ1v) is 8.04. The van der Waals surface area contributed by atoms with Gasteiger partial charge in [-0.15, -0.1) is 10.2 Å². The topological polar surface area (TPSA) is 65.2 Å². The molecule has 7 heteroatoms. The van der Waals surface area contributed by atoms with Crippen LogP contribution >= 0.6 is 11.8 Å². The van der Waals surface area contributed by atoms with Crippen LogP contribution in [0.15, 0.2) is 58.2 Å². The standard InChI is InChI=1S/C17H13FN2O3S/c1-22-14-4-2-3-12(9-14)15(21)10-24-17-20-19-16(23-17)11-5-7-13(18)8-6-11/h2-9H,10H2,1H3. The summed E-state index contributed by atoms with van der Waals surface area (Å²) in [7, 11) is 1.55. The number of benzene rings is 2. The fraction of sp³-hybridized carbons (Fsp3) is 0.118. The number of thioether (sulfide) groups is 1. The van der Waals surface area contributed by atoms with Gasteiger partial charge in [-0.25, -0.2) is 4.39 Å². The highest BCUT2D eigenvalue weighted by molar-refractivity contribution is 7.99. The Kier molecular flexibility index (Phi) is 4.90. The molecule has 5 nitrogen and oxygen atoms in total. The molecular weight excluding hydrogens is 331 g/mol. The number of carbonyl (C=O) groups excluding carboxylic acids is 1. The third-order valence-corrected chi connectivity index (χ3v) is 4.03. The van der Waals surface area contributed by atoms with Gasteiger partial charge in [0.25, 0.3) is 5.22 Å². The fourth-order valence-corrected chi connectivity index (χ4v) is 2.64. The summed E-state index contributed by atoms with van der Waals surface area (Å²) < 4.78 is 23.5. The smallest absolute Gasteiger partial charge is 0.277 e. The van der Waals surface area contributed by atoms with Crippen LogP contribution in [0.5, 0.6) is 5.75 Å². The summed E-state index contributed by atoms with van der Waals surface area (Å²) in [6.07, 6.45) is 0. The Bertz CT molecular complexity index is 849. The maximum absolute atomic E-state index is 12.9. The Labute approximate surface area is 141 Å². The molecule has 0 aliphatic rings. The highest BCUT2D eigenvalue weighted by Gasteiger charge is 2.13. The summed E-state index contributed by atoms with van der Waals surface area (Å²) in [5.74, 6) is 0.670. The largest absolute Gasteiger partial charge is 0.497 e. The molecule has 0 radical (unpaired) electrons. The third-order valence-electron chi connectivity index (χ3n) is 3.22. The molecule has 0 unspecified atom stereocenters. The molecule has 0 atom stereocenters. The van der Waals surface area contributed by atoms with E-state index >= 15 is 0 Å². The molecule has 122 valence electrons. The quantitative estimate of drug-likeness (QED) is 0.500. The second-order valence-electron chi connectivity index (χ2n) is 4.82. The molecule has 24 heavy (non-hydrogen) atoms. The van der Waals surface area contributed by atoms with Crippen LogP contribution in [0.4, 0.5) is 4.39 Å². The van der Waals surface area contributed by atoms with Crippen LogP contribution in [0, 0.1) is 5.82 Å². The van der Waals surface area contributed by atoms with E-state index in [0.29, 0.717) is 16.9 Å². The minimum absolute atomic E-state index is 0.0690. The summed E-state index contributed by atoms with van der Waals surface area (Å²) in [5.41, 5.74) is 1.18. The number of Topliss-reactive ketones (excluding diaryl/α,β-unsaturated/α-hetero) is 1. The zero-order valence-electron chi connectivity index (χ0n) is 12.7. The molecule has 0 fully saturated rings.